The predicted octanol–water partition coefficient (Wildman–Crippen LogP) is 3.07. The van der Waals surface area contributed by atoms with E-state index in [1.165, 1.54) is 25.3 Å². The lowest BCUT2D eigenvalue weighted by Crippen LogP contribution is -2.01. The zero-order valence-electron chi connectivity index (χ0n) is 9.66. The zero-order chi connectivity index (χ0) is 12.1. The quantitative estimate of drug-likeness (QED) is 0.732. The SMILES string of the molecule is COc1ccc(/C=C/C(=O)C(C)C)cc1F. The highest BCUT2D eigenvalue weighted by molar-refractivity contribution is 5.94. The average molecular weight is 222 g/mol. The molecule has 0 aliphatic heterocycles. The molecule has 1 aromatic rings. The standard InChI is InChI=1S/C13H15FO2/c1-9(2)12(15)6-4-10-5-7-13(16-3)11(14)8-10/h4-9H,1-3H3/b6-4+. The first-order chi connectivity index (χ1) is 7.54. The van der Waals surface area contributed by atoms with Gasteiger partial charge in [0.25, 0.3) is 0 Å². The van der Waals surface area contributed by atoms with Gasteiger partial charge in [-0.1, -0.05) is 26.0 Å². The Balaban J connectivity index is 2.83. The predicted molar refractivity (Wildman–Crippen MR) is 61.8 cm³/mol. The molecule has 0 aliphatic carbocycles. The Hall–Kier alpha value is -1.64. The zero-order valence-corrected chi connectivity index (χ0v) is 9.66. The molecule has 0 aromatic heterocycles. The average Bonchev–Trinajstić information content (AvgIpc) is 2.25. The van der Waals surface area contributed by atoms with E-state index in [0.29, 0.717) is 5.56 Å². The topological polar surface area (TPSA) is 26.3 Å². The minimum atomic E-state index is -0.429. The minimum Gasteiger partial charge on any atom is -0.494 e. The van der Waals surface area contributed by atoms with E-state index in [1.807, 2.05) is 13.8 Å². The lowest BCUT2D eigenvalue weighted by Gasteiger charge is -2.02. The van der Waals surface area contributed by atoms with Crippen molar-refractivity contribution in [1.29, 1.82) is 0 Å². The van der Waals surface area contributed by atoms with Crippen molar-refractivity contribution in [3.8, 4) is 5.75 Å². The molecule has 0 radical (unpaired) electrons. The van der Waals surface area contributed by atoms with Gasteiger partial charge in [-0.05, 0) is 23.8 Å². The Morgan fingerprint density at radius 2 is 2.12 bits per heavy atom. The lowest BCUT2D eigenvalue weighted by molar-refractivity contribution is -0.117. The molecule has 0 unspecified atom stereocenters. The van der Waals surface area contributed by atoms with Crippen LogP contribution in [0.2, 0.25) is 0 Å². The van der Waals surface area contributed by atoms with Crippen LogP contribution < -0.4 is 4.74 Å². The van der Waals surface area contributed by atoms with Crippen LogP contribution in [-0.4, -0.2) is 12.9 Å². The smallest absolute Gasteiger partial charge is 0.165 e. The summed E-state index contributed by atoms with van der Waals surface area (Å²) < 4.78 is 18.1. The number of carbonyl (C=O) groups excluding carboxylic acids is 1. The molecule has 3 heteroatoms. The molecule has 0 atom stereocenters. The highest BCUT2D eigenvalue weighted by Crippen LogP contribution is 2.18. The fourth-order valence-corrected chi connectivity index (χ4v) is 1.16. The van der Waals surface area contributed by atoms with Gasteiger partial charge in [-0.25, -0.2) is 4.39 Å². The van der Waals surface area contributed by atoms with Crippen molar-refractivity contribution in [2.75, 3.05) is 7.11 Å². The van der Waals surface area contributed by atoms with Crippen LogP contribution in [0.1, 0.15) is 19.4 Å². The van der Waals surface area contributed by atoms with Gasteiger partial charge in [0.05, 0.1) is 7.11 Å². The van der Waals surface area contributed by atoms with Crippen LogP contribution >= 0.6 is 0 Å². The van der Waals surface area contributed by atoms with E-state index < -0.39 is 5.82 Å². The lowest BCUT2D eigenvalue weighted by atomic mass is 10.1. The van der Waals surface area contributed by atoms with Gasteiger partial charge in [-0.2, -0.15) is 0 Å². The van der Waals surface area contributed by atoms with E-state index in [1.54, 1.807) is 12.1 Å². The first-order valence-electron chi connectivity index (χ1n) is 5.10. The third kappa shape index (κ3) is 3.19. The van der Waals surface area contributed by atoms with E-state index in [9.17, 15) is 9.18 Å². The third-order valence-electron chi connectivity index (χ3n) is 2.18. The van der Waals surface area contributed by atoms with Gasteiger partial charge in [0, 0.05) is 5.92 Å². The molecule has 16 heavy (non-hydrogen) atoms. The largest absolute Gasteiger partial charge is 0.494 e. The summed E-state index contributed by atoms with van der Waals surface area (Å²) in [7, 11) is 1.41. The molecule has 0 saturated heterocycles. The van der Waals surface area contributed by atoms with Gasteiger partial charge in [0.1, 0.15) is 0 Å². The Morgan fingerprint density at radius 3 is 2.62 bits per heavy atom. The molecule has 0 spiro atoms. The van der Waals surface area contributed by atoms with Crippen molar-refractivity contribution in [2.45, 2.75) is 13.8 Å². The van der Waals surface area contributed by atoms with Crippen LogP contribution in [0, 0.1) is 11.7 Å². The highest BCUT2D eigenvalue weighted by Gasteiger charge is 2.03. The Morgan fingerprint density at radius 1 is 1.44 bits per heavy atom. The van der Waals surface area contributed by atoms with Gasteiger partial charge in [-0.15, -0.1) is 0 Å². The molecule has 2 nitrogen and oxygen atoms in total. The van der Waals surface area contributed by atoms with E-state index in [-0.39, 0.29) is 17.5 Å². The van der Waals surface area contributed by atoms with Crippen LogP contribution in [0.4, 0.5) is 4.39 Å². The molecule has 0 amide bonds. The second kappa shape index (κ2) is 5.45. The molecule has 0 N–H and O–H groups in total. The summed E-state index contributed by atoms with van der Waals surface area (Å²) in [5.74, 6) is -0.246. The van der Waals surface area contributed by atoms with E-state index >= 15 is 0 Å². The molecule has 0 heterocycles. The van der Waals surface area contributed by atoms with Crippen molar-refractivity contribution in [1.82, 2.24) is 0 Å². The van der Waals surface area contributed by atoms with Crippen molar-refractivity contribution in [3.63, 3.8) is 0 Å². The summed E-state index contributed by atoms with van der Waals surface area (Å²) in [5.41, 5.74) is 0.646. The maximum absolute atomic E-state index is 13.3. The molecule has 1 rings (SSSR count). The second-order valence-corrected chi connectivity index (χ2v) is 3.78. The summed E-state index contributed by atoms with van der Waals surface area (Å²) >= 11 is 0. The first-order valence-corrected chi connectivity index (χ1v) is 5.10. The maximum atomic E-state index is 13.3. The molecule has 1 aromatic carbocycles. The van der Waals surface area contributed by atoms with Crippen LogP contribution in [0.15, 0.2) is 24.3 Å². The number of methoxy groups -OCH3 is 1. The van der Waals surface area contributed by atoms with Crippen molar-refractivity contribution < 1.29 is 13.9 Å². The van der Waals surface area contributed by atoms with Crippen LogP contribution in [0.5, 0.6) is 5.75 Å². The highest BCUT2D eigenvalue weighted by atomic mass is 19.1. The molecule has 0 bridgehead atoms. The maximum Gasteiger partial charge on any atom is 0.165 e. The monoisotopic (exact) mass is 222 g/mol. The number of allylic oxidation sites excluding steroid dienone is 1. The number of hydrogen-bond donors (Lipinski definition) is 0. The summed E-state index contributed by atoms with van der Waals surface area (Å²) in [6.07, 6.45) is 3.07. The number of ketones is 1. The number of halogens is 1. The normalized spacial score (nSPS) is 11.1. The number of rotatable bonds is 4. The van der Waals surface area contributed by atoms with Crippen molar-refractivity contribution >= 4 is 11.9 Å². The molecule has 0 fully saturated rings. The van der Waals surface area contributed by atoms with Crippen LogP contribution in [0.25, 0.3) is 6.08 Å². The van der Waals surface area contributed by atoms with E-state index in [2.05, 4.69) is 0 Å². The van der Waals surface area contributed by atoms with Crippen LogP contribution in [-0.2, 0) is 4.79 Å². The summed E-state index contributed by atoms with van der Waals surface area (Å²) in [5, 5.41) is 0. The van der Waals surface area contributed by atoms with Crippen molar-refractivity contribution in [3.05, 3.63) is 35.7 Å². The van der Waals surface area contributed by atoms with Gasteiger partial charge in [-0.3, -0.25) is 4.79 Å². The second-order valence-electron chi connectivity index (χ2n) is 3.78. The van der Waals surface area contributed by atoms with Gasteiger partial charge < -0.3 is 4.74 Å². The first kappa shape index (κ1) is 12.4. The number of carbonyl (C=O) groups is 1. The molecule has 0 aliphatic rings. The van der Waals surface area contributed by atoms with Gasteiger partial charge >= 0.3 is 0 Å². The van der Waals surface area contributed by atoms with Gasteiger partial charge in [0.2, 0.25) is 0 Å². The number of hydrogen-bond acceptors (Lipinski definition) is 2. The molecular weight excluding hydrogens is 207 g/mol. The summed E-state index contributed by atoms with van der Waals surface area (Å²) in [6, 6.07) is 4.57. The summed E-state index contributed by atoms with van der Waals surface area (Å²) in [4.78, 5) is 11.3. The molecule has 0 saturated carbocycles. The van der Waals surface area contributed by atoms with Gasteiger partial charge in [0.15, 0.2) is 17.3 Å². The Bertz CT molecular complexity index is 408. The van der Waals surface area contributed by atoms with E-state index in [4.69, 9.17) is 4.74 Å². The number of ether oxygens (including phenoxy) is 1. The fourth-order valence-electron chi connectivity index (χ4n) is 1.16. The fraction of sp³-hybridized carbons (Fsp3) is 0.308. The minimum absolute atomic E-state index is 0.0243. The molecular formula is C13H15FO2. The number of benzene rings is 1. The summed E-state index contributed by atoms with van der Waals surface area (Å²) in [6.45, 7) is 3.64. The Labute approximate surface area is 94.7 Å². The third-order valence-corrected chi connectivity index (χ3v) is 2.18. The Kier molecular flexibility index (Phi) is 4.23. The van der Waals surface area contributed by atoms with Crippen LogP contribution in [0.3, 0.4) is 0 Å². The van der Waals surface area contributed by atoms with E-state index in [0.717, 1.165) is 0 Å². The van der Waals surface area contributed by atoms with Crippen molar-refractivity contribution in [2.24, 2.45) is 5.92 Å². The molecule has 86 valence electrons.